The van der Waals surface area contributed by atoms with Crippen molar-refractivity contribution in [3.05, 3.63) is 24.4 Å². The molecule has 0 amide bonds. The van der Waals surface area contributed by atoms with Crippen LogP contribution in [0.4, 0.5) is 0 Å². The molecule has 1 heterocycles. The highest BCUT2D eigenvalue weighted by atomic mass is 16.5. The third-order valence-corrected chi connectivity index (χ3v) is 2.18. The van der Waals surface area contributed by atoms with Crippen LogP contribution in [0.25, 0.3) is 10.9 Å². The minimum Gasteiger partial charge on any atom is -0.506 e. The number of aromatic hydroxyl groups is 1. The first-order chi connectivity index (χ1) is 7.24. The lowest BCUT2D eigenvalue weighted by Crippen LogP contribution is -1.90. The molecule has 1 aromatic carbocycles. The Morgan fingerprint density at radius 3 is 2.60 bits per heavy atom. The number of pyridine rings is 1. The standard InChI is InChI=1S/C11H11NO3/c1-14-8-4-10-9(11(5-8)15-2)3-7(13)6-12-10/h3-6,13H,1-2H3. The summed E-state index contributed by atoms with van der Waals surface area (Å²) in [4.78, 5) is 4.09. The summed E-state index contributed by atoms with van der Waals surface area (Å²) in [5, 5.41) is 10.1. The van der Waals surface area contributed by atoms with Gasteiger partial charge in [-0.1, -0.05) is 0 Å². The van der Waals surface area contributed by atoms with Crippen LogP contribution in [0, 0.1) is 0 Å². The van der Waals surface area contributed by atoms with Gasteiger partial charge in [-0.15, -0.1) is 0 Å². The topological polar surface area (TPSA) is 51.6 Å². The van der Waals surface area contributed by atoms with Crippen LogP contribution in [0.1, 0.15) is 0 Å². The maximum Gasteiger partial charge on any atom is 0.134 e. The van der Waals surface area contributed by atoms with Crippen molar-refractivity contribution in [2.45, 2.75) is 0 Å². The Balaban J connectivity index is 2.75. The number of hydrogen-bond acceptors (Lipinski definition) is 4. The zero-order valence-corrected chi connectivity index (χ0v) is 8.52. The fourth-order valence-electron chi connectivity index (χ4n) is 1.45. The molecule has 1 aromatic heterocycles. The number of aromatic nitrogens is 1. The number of hydrogen-bond donors (Lipinski definition) is 1. The van der Waals surface area contributed by atoms with Crippen LogP contribution < -0.4 is 9.47 Å². The van der Waals surface area contributed by atoms with Crippen LogP contribution in [0.5, 0.6) is 17.2 Å². The van der Waals surface area contributed by atoms with E-state index >= 15 is 0 Å². The summed E-state index contributed by atoms with van der Waals surface area (Å²) in [6.45, 7) is 0. The van der Waals surface area contributed by atoms with E-state index in [9.17, 15) is 5.11 Å². The summed E-state index contributed by atoms with van der Waals surface area (Å²) in [5.41, 5.74) is 0.726. The second-order valence-electron chi connectivity index (χ2n) is 3.09. The average molecular weight is 205 g/mol. The van der Waals surface area contributed by atoms with Gasteiger partial charge in [-0.05, 0) is 6.07 Å². The highest BCUT2D eigenvalue weighted by Crippen LogP contribution is 2.31. The van der Waals surface area contributed by atoms with Crippen LogP contribution in [0.15, 0.2) is 24.4 Å². The van der Waals surface area contributed by atoms with Crippen molar-refractivity contribution in [3.8, 4) is 17.2 Å². The minimum atomic E-state index is 0.117. The van der Waals surface area contributed by atoms with Gasteiger partial charge in [0.15, 0.2) is 0 Å². The van der Waals surface area contributed by atoms with Crippen molar-refractivity contribution in [2.75, 3.05) is 14.2 Å². The summed E-state index contributed by atoms with van der Waals surface area (Å²) < 4.78 is 10.3. The molecular weight excluding hydrogens is 194 g/mol. The lowest BCUT2D eigenvalue weighted by Gasteiger charge is -2.07. The molecule has 78 valence electrons. The molecule has 2 aromatic rings. The maximum absolute atomic E-state index is 9.33. The van der Waals surface area contributed by atoms with Crippen molar-refractivity contribution in [3.63, 3.8) is 0 Å². The fourth-order valence-corrected chi connectivity index (χ4v) is 1.45. The van der Waals surface area contributed by atoms with Crippen LogP contribution in [-0.4, -0.2) is 24.3 Å². The van der Waals surface area contributed by atoms with E-state index < -0.39 is 0 Å². The van der Waals surface area contributed by atoms with Crippen LogP contribution in [0.2, 0.25) is 0 Å². The van der Waals surface area contributed by atoms with Gasteiger partial charge in [-0.25, -0.2) is 0 Å². The highest BCUT2D eigenvalue weighted by molar-refractivity contribution is 5.87. The molecule has 0 bridgehead atoms. The van der Waals surface area contributed by atoms with E-state index in [4.69, 9.17) is 9.47 Å². The van der Waals surface area contributed by atoms with Gasteiger partial charge < -0.3 is 14.6 Å². The number of rotatable bonds is 2. The van der Waals surface area contributed by atoms with E-state index in [2.05, 4.69) is 4.98 Å². The van der Waals surface area contributed by atoms with E-state index in [1.165, 1.54) is 6.20 Å². The zero-order chi connectivity index (χ0) is 10.8. The van der Waals surface area contributed by atoms with Crippen LogP contribution in [0.3, 0.4) is 0 Å². The second-order valence-corrected chi connectivity index (χ2v) is 3.09. The Morgan fingerprint density at radius 2 is 1.93 bits per heavy atom. The molecule has 0 saturated carbocycles. The minimum absolute atomic E-state index is 0.117. The molecule has 1 N–H and O–H groups in total. The normalized spacial score (nSPS) is 10.3. The summed E-state index contributed by atoms with van der Waals surface area (Å²) in [6, 6.07) is 5.15. The van der Waals surface area contributed by atoms with Gasteiger partial charge in [0.25, 0.3) is 0 Å². The van der Waals surface area contributed by atoms with Crippen molar-refractivity contribution >= 4 is 10.9 Å². The Kier molecular flexibility index (Phi) is 2.33. The predicted octanol–water partition coefficient (Wildman–Crippen LogP) is 1.96. The molecule has 0 aliphatic rings. The molecule has 0 atom stereocenters. The third-order valence-electron chi connectivity index (χ3n) is 2.18. The molecule has 0 aliphatic heterocycles. The monoisotopic (exact) mass is 205 g/mol. The average Bonchev–Trinajstić information content (AvgIpc) is 2.27. The molecule has 0 unspecified atom stereocenters. The van der Waals surface area contributed by atoms with E-state index in [0.29, 0.717) is 11.5 Å². The molecule has 2 rings (SSSR count). The largest absolute Gasteiger partial charge is 0.506 e. The maximum atomic E-state index is 9.33. The molecular formula is C11H11NO3. The van der Waals surface area contributed by atoms with Crippen LogP contribution in [-0.2, 0) is 0 Å². The summed E-state index contributed by atoms with van der Waals surface area (Å²) in [6.07, 6.45) is 1.39. The van der Waals surface area contributed by atoms with Crippen molar-refractivity contribution in [2.24, 2.45) is 0 Å². The van der Waals surface area contributed by atoms with Gasteiger partial charge in [0.2, 0.25) is 0 Å². The first-order valence-electron chi connectivity index (χ1n) is 4.45. The fraction of sp³-hybridized carbons (Fsp3) is 0.182. The van der Waals surface area contributed by atoms with Gasteiger partial charge in [-0.3, -0.25) is 4.98 Å². The molecule has 4 heteroatoms. The zero-order valence-electron chi connectivity index (χ0n) is 8.52. The summed E-state index contributed by atoms with van der Waals surface area (Å²) >= 11 is 0. The first kappa shape index (κ1) is 9.58. The van der Waals surface area contributed by atoms with Crippen molar-refractivity contribution in [1.82, 2.24) is 4.98 Å². The van der Waals surface area contributed by atoms with Gasteiger partial charge in [0.1, 0.15) is 17.2 Å². The van der Waals surface area contributed by atoms with Gasteiger partial charge in [0.05, 0.1) is 25.9 Å². The van der Waals surface area contributed by atoms with Crippen molar-refractivity contribution in [1.29, 1.82) is 0 Å². The number of nitrogens with zero attached hydrogens (tertiary/aromatic N) is 1. The Bertz CT molecular complexity index is 496. The summed E-state index contributed by atoms with van der Waals surface area (Å²) in [5.74, 6) is 1.43. The smallest absolute Gasteiger partial charge is 0.134 e. The van der Waals surface area contributed by atoms with E-state index in [-0.39, 0.29) is 5.75 Å². The van der Waals surface area contributed by atoms with Gasteiger partial charge >= 0.3 is 0 Å². The number of methoxy groups -OCH3 is 2. The molecule has 0 saturated heterocycles. The van der Waals surface area contributed by atoms with Gasteiger partial charge in [0, 0.05) is 17.5 Å². The summed E-state index contributed by atoms with van der Waals surface area (Å²) in [7, 11) is 3.15. The number of ether oxygens (including phenoxy) is 2. The number of fused-ring (bicyclic) bond motifs is 1. The predicted molar refractivity (Wildman–Crippen MR) is 56.5 cm³/mol. The SMILES string of the molecule is COc1cc(OC)c2cc(O)cnc2c1. The quantitative estimate of drug-likeness (QED) is 0.814. The van der Waals surface area contributed by atoms with E-state index in [1.807, 2.05) is 0 Å². The molecule has 0 aliphatic carbocycles. The lowest BCUT2D eigenvalue weighted by molar-refractivity contribution is 0.397. The number of benzene rings is 1. The Hall–Kier alpha value is -1.97. The van der Waals surface area contributed by atoms with Crippen LogP contribution >= 0.6 is 0 Å². The lowest BCUT2D eigenvalue weighted by atomic mass is 10.2. The van der Waals surface area contributed by atoms with Gasteiger partial charge in [-0.2, -0.15) is 0 Å². The molecule has 0 spiro atoms. The first-order valence-corrected chi connectivity index (χ1v) is 4.45. The highest BCUT2D eigenvalue weighted by Gasteiger charge is 2.06. The third kappa shape index (κ3) is 1.66. The molecule has 15 heavy (non-hydrogen) atoms. The molecule has 0 radical (unpaired) electrons. The van der Waals surface area contributed by atoms with E-state index in [1.54, 1.807) is 32.4 Å². The Labute approximate surface area is 87.1 Å². The Morgan fingerprint density at radius 1 is 1.13 bits per heavy atom. The molecule has 4 nitrogen and oxygen atoms in total. The molecule has 0 fully saturated rings. The van der Waals surface area contributed by atoms with E-state index in [0.717, 1.165) is 10.9 Å². The van der Waals surface area contributed by atoms with Crippen molar-refractivity contribution < 1.29 is 14.6 Å². The second kappa shape index (κ2) is 3.65.